The van der Waals surface area contributed by atoms with Crippen LogP contribution in [-0.2, 0) is 71.4 Å². The molecule has 0 aliphatic carbocycles. The first-order valence-corrected chi connectivity index (χ1v) is 15.0. The Morgan fingerprint density at radius 3 is 1.59 bits per heavy atom. The van der Waals surface area contributed by atoms with E-state index in [0.717, 1.165) is 41.5 Å². The third-order valence-electron chi connectivity index (χ3n) is 7.18. The molecule has 10 atom stereocenters. The molecule has 0 saturated carbocycles. The fourth-order valence-electron chi connectivity index (χ4n) is 5.36. The molecule has 3 rings (SSSR count). The minimum absolute atomic E-state index is 0.105. The van der Waals surface area contributed by atoms with E-state index in [1.807, 2.05) is 0 Å². The fraction of sp³-hybridized carbons (Fsp3) is 0.613. The highest BCUT2D eigenvalue weighted by Crippen LogP contribution is 2.40. The van der Waals surface area contributed by atoms with E-state index in [1.54, 1.807) is 0 Å². The quantitative estimate of drug-likeness (QED) is 0.218. The van der Waals surface area contributed by atoms with Gasteiger partial charge < -0.3 is 57.6 Å². The summed E-state index contributed by atoms with van der Waals surface area (Å²) in [6.45, 7) is 5.35. The van der Waals surface area contributed by atoms with Gasteiger partial charge in [0.05, 0.1) is 7.11 Å². The highest BCUT2D eigenvalue weighted by atomic mass is 16.7. The van der Waals surface area contributed by atoms with Gasteiger partial charge in [-0.05, 0) is 17.7 Å². The molecule has 18 heteroatoms. The maximum Gasteiger partial charge on any atom is 0.303 e. The Kier molecular flexibility index (Phi) is 13.7. The molecule has 272 valence electrons. The average molecular weight is 701 g/mol. The average Bonchev–Trinajstić information content (AvgIpc) is 2.99. The molecule has 0 unspecified atom stereocenters. The Morgan fingerprint density at radius 1 is 0.653 bits per heavy atom. The predicted molar refractivity (Wildman–Crippen MR) is 157 cm³/mol. The van der Waals surface area contributed by atoms with E-state index in [-0.39, 0.29) is 17.1 Å². The van der Waals surface area contributed by atoms with Gasteiger partial charge in [0.25, 0.3) is 0 Å². The SMILES string of the molecule is COc1ccc([C@H]2O[C@H](COC(C)=O)[C@@H](OC(C)=O)[C@H](O[C@H]3O[C@H](COC(C)=O)[C@@H](OC(C)=O)[C@@H](OC(C)=O)[C@H]3OC(C)=O)[C@@H]2O)cc1O. The van der Waals surface area contributed by atoms with Crippen LogP contribution in [0, 0.1) is 0 Å². The van der Waals surface area contributed by atoms with E-state index >= 15 is 0 Å². The molecule has 0 spiro atoms. The van der Waals surface area contributed by atoms with Crippen LogP contribution in [0.5, 0.6) is 11.5 Å². The van der Waals surface area contributed by atoms with Crippen molar-refractivity contribution >= 4 is 35.8 Å². The molecule has 2 heterocycles. The molecule has 0 amide bonds. The third-order valence-corrected chi connectivity index (χ3v) is 7.18. The number of methoxy groups -OCH3 is 1. The Morgan fingerprint density at radius 2 is 1.12 bits per heavy atom. The fourth-order valence-corrected chi connectivity index (χ4v) is 5.36. The molecule has 2 aliphatic rings. The van der Waals surface area contributed by atoms with Crippen molar-refractivity contribution in [1.29, 1.82) is 0 Å². The topological polar surface area (TPSA) is 235 Å². The van der Waals surface area contributed by atoms with Gasteiger partial charge in [-0.3, -0.25) is 28.8 Å². The van der Waals surface area contributed by atoms with Crippen LogP contribution in [0.3, 0.4) is 0 Å². The zero-order valence-corrected chi connectivity index (χ0v) is 27.8. The van der Waals surface area contributed by atoms with Gasteiger partial charge in [-0.25, -0.2) is 0 Å². The van der Waals surface area contributed by atoms with Crippen LogP contribution in [0.15, 0.2) is 18.2 Å². The molecule has 0 radical (unpaired) electrons. The van der Waals surface area contributed by atoms with Crippen LogP contribution in [0.2, 0.25) is 0 Å². The van der Waals surface area contributed by atoms with Gasteiger partial charge in [-0.2, -0.15) is 0 Å². The summed E-state index contributed by atoms with van der Waals surface area (Å²) in [6, 6.07) is 4.11. The van der Waals surface area contributed by atoms with E-state index in [9.17, 15) is 39.0 Å². The summed E-state index contributed by atoms with van der Waals surface area (Å²) in [6.07, 6.45) is -15.6. The zero-order chi connectivity index (χ0) is 36.6. The number of rotatable bonds is 12. The van der Waals surface area contributed by atoms with Crippen molar-refractivity contribution in [1.82, 2.24) is 0 Å². The van der Waals surface area contributed by atoms with Gasteiger partial charge in [0.15, 0.2) is 42.2 Å². The van der Waals surface area contributed by atoms with Crippen molar-refractivity contribution in [2.75, 3.05) is 20.3 Å². The Labute approximate surface area is 280 Å². The van der Waals surface area contributed by atoms with Gasteiger partial charge >= 0.3 is 35.8 Å². The van der Waals surface area contributed by atoms with Gasteiger partial charge in [0.2, 0.25) is 0 Å². The van der Waals surface area contributed by atoms with Crippen LogP contribution < -0.4 is 4.74 Å². The van der Waals surface area contributed by atoms with Crippen LogP contribution >= 0.6 is 0 Å². The predicted octanol–water partition coefficient (Wildman–Crippen LogP) is 0.165. The number of phenolic OH excluding ortho intramolecular Hbond substituents is 1. The Bertz CT molecular complexity index is 1380. The van der Waals surface area contributed by atoms with Gasteiger partial charge in [-0.1, -0.05) is 6.07 Å². The molecule has 2 saturated heterocycles. The first kappa shape index (κ1) is 38.9. The summed E-state index contributed by atoms with van der Waals surface area (Å²) in [5, 5.41) is 22.2. The lowest BCUT2D eigenvalue weighted by atomic mass is 9.90. The van der Waals surface area contributed by atoms with Crippen molar-refractivity contribution in [3.63, 3.8) is 0 Å². The van der Waals surface area contributed by atoms with Crippen molar-refractivity contribution in [2.24, 2.45) is 0 Å². The van der Waals surface area contributed by atoms with Crippen molar-refractivity contribution in [3.05, 3.63) is 23.8 Å². The van der Waals surface area contributed by atoms with Gasteiger partial charge in [0, 0.05) is 41.5 Å². The number of ether oxygens (including phenoxy) is 10. The largest absolute Gasteiger partial charge is 0.504 e. The van der Waals surface area contributed by atoms with Gasteiger partial charge in [0.1, 0.15) is 43.7 Å². The monoisotopic (exact) mass is 700 g/mol. The number of benzene rings is 1. The smallest absolute Gasteiger partial charge is 0.303 e. The van der Waals surface area contributed by atoms with Crippen LogP contribution in [0.1, 0.15) is 53.2 Å². The number of esters is 6. The number of aliphatic hydroxyl groups excluding tert-OH is 1. The normalized spacial score (nSPS) is 29.5. The molecule has 0 aromatic heterocycles. The minimum Gasteiger partial charge on any atom is -0.504 e. The zero-order valence-electron chi connectivity index (χ0n) is 27.8. The molecule has 2 aliphatic heterocycles. The molecule has 1 aromatic rings. The van der Waals surface area contributed by atoms with Crippen LogP contribution in [0.25, 0.3) is 0 Å². The maximum absolute atomic E-state index is 12.3. The summed E-state index contributed by atoms with van der Waals surface area (Å²) < 4.78 is 55.4. The standard InChI is InChI=1S/C31H40O18/c1-13(32)41-11-22-26(43-15(3)34)28(24(39)25(47-22)19-8-9-21(40-7)20(38)10-19)49-31-30(46-18(6)37)29(45-17(5)36)27(44-16(4)35)23(48-31)12-42-14(2)33/h8-10,22-31,38-39H,11-12H2,1-7H3/t22-,23-,24-,25-,26-,27-,28-,29-,30-,31-/m1/s1. The van der Waals surface area contributed by atoms with Crippen LogP contribution in [-0.4, -0.2) is 121 Å². The molecule has 0 bridgehead atoms. The molecule has 49 heavy (non-hydrogen) atoms. The van der Waals surface area contributed by atoms with Crippen LogP contribution in [0.4, 0.5) is 0 Å². The van der Waals surface area contributed by atoms with Crippen molar-refractivity contribution in [2.45, 2.75) is 103 Å². The molecular weight excluding hydrogens is 660 g/mol. The van der Waals surface area contributed by atoms with E-state index < -0.39 is 110 Å². The lowest BCUT2D eigenvalue weighted by Gasteiger charge is -2.48. The number of aromatic hydroxyl groups is 1. The van der Waals surface area contributed by atoms with E-state index in [2.05, 4.69) is 0 Å². The lowest BCUT2D eigenvalue weighted by molar-refractivity contribution is -0.345. The molecule has 18 nitrogen and oxygen atoms in total. The van der Waals surface area contributed by atoms with Crippen molar-refractivity contribution < 1.29 is 86.3 Å². The maximum atomic E-state index is 12.3. The van der Waals surface area contributed by atoms with Gasteiger partial charge in [-0.15, -0.1) is 0 Å². The first-order chi connectivity index (χ1) is 23.0. The van der Waals surface area contributed by atoms with E-state index in [1.165, 1.54) is 25.3 Å². The highest BCUT2D eigenvalue weighted by Gasteiger charge is 2.56. The number of aliphatic hydroxyl groups is 1. The number of carbonyl (C=O) groups excluding carboxylic acids is 6. The Balaban J connectivity index is 2.16. The summed E-state index contributed by atoms with van der Waals surface area (Å²) in [5.74, 6) is -5.19. The molecular formula is C31H40O18. The first-order valence-electron chi connectivity index (χ1n) is 15.0. The molecule has 1 aromatic carbocycles. The number of hydrogen-bond donors (Lipinski definition) is 2. The molecule has 2 N–H and O–H groups in total. The summed E-state index contributed by atoms with van der Waals surface area (Å²) in [4.78, 5) is 72.5. The number of hydrogen-bond acceptors (Lipinski definition) is 18. The number of phenols is 1. The summed E-state index contributed by atoms with van der Waals surface area (Å²) in [7, 11) is 1.33. The summed E-state index contributed by atoms with van der Waals surface area (Å²) in [5.41, 5.74) is 0.190. The minimum atomic E-state index is -1.80. The number of carbonyl (C=O) groups is 6. The van der Waals surface area contributed by atoms with Crippen molar-refractivity contribution in [3.8, 4) is 11.5 Å². The lowest BCUT2D eigenvalue weighted by Crippen LogP contribution is -2.66. The van der Waals surface area contributed by atoms with E-state index in [4.69, 9.17) is 47.4 Å². The second-order valence-electron chi connectivity index (χ2n) is 11.1. The highest BCUT2D eigenvalue weighted by molar-refractivity contribution is 5.69. The second kappa shape index (κ2) is 17.2. The summed E-state index contributed by atoms with van der Waals surface area (Å²) >= 11 is 0. The second-order valence-corrected chi connectivity index (χ2v) is 11.1. The molecule has 2 fully saturated rings. The third kappa shape index (κ3) is 10.5. The Hall–Kier alpha value is -4.52. The van der Waals surface area contributed by atoms with E-state index in [0.29, 0.717) is 0 Å².